The van der Waals surface area contributed by atoms with Gasteiger partial charge in [-0.1, -0.05) is 6.07 Å². The number of carbonyl (C=O) groups is 1. The molecule has 0 unspecified atom stereocenters. The number of morpholine rings is 1. The number of carbonyl (C=O) groups excluding carboxylic acids is 1. The van der Waals surface area contributed by atoms with Gasteiger partial charge in [0.15, 0.2) is 0 Å². The van der Waals surface area contributed by atoms with E-state index in [9.17, 15) is 22.4 Å². The molecule has 4 rings (SSSR count). The van der Waals surface area contributed by atoms with E-state index >= 15 is 0 Å². The van der Waals surface area contributed by atoms with Crippen molar-refractivity contribution in [3.05, 3.63) is 59.5 Å². The van der Waals surface area contributed by atoms with Crippen molar-refractivity contribution in [2.24, 2.45) is 0 Å². The van der Waals surface area contributed by atoms with Gasteiger partial charge in [-0.15, -0.1) is 0 Å². The highest BCUT2D eigenvalue weighted by molar-refractivity contribution is 6.31. The largest absolute Gasteiger partial charge is 0.418 e. The summed E-state index contributed by atoms with van der Waals surface area (Å²) in [6.45, 7) is 1.47. The van der Waals surface area contributed by atoms with E-state index in [4.69, 9.17) is 4.74 Å². The normalized spacial score (nSPS) is 18.0. The number of anilines is 3. The zero-order valence-electron chi connectivity index (χ0n) is 15.1. The summed E-state index contributed by atoms with van der Waals surface area (Å²) in [5.41, 5.74) is -0.143. The van der Waals surface area contributed by atoms with E-state index in [0.29, 0.717) is 32.0 Å². The van der Waals surface area contributed by atoms with Crippen molar-refractivity contribution in [3.63, 3.8) is 0 Å². The standard InChI is InChI=1S/C20H17F4N3O2/c21-15-2-1-3-16-18(15)13(19(28)26-16)11-25-12-4-5-17(14(10-12)20(22,23)24)27-6-8-29-9-7-27/h1-5,10-11,25H,6-9H2,(H,26,28)/b13-11+. The summed E-state index contributed by atoms with van der Waals surface area (Å²) in [6.07, 6.45) is -3.34. The van der Waals surface area contributed by atoms with Crippen LogP contribution >= 0.6 is 0 Å². The lowest BCUT2D eigenvalue weighted by Gasteiger charge is -2.31. The summed E-state index contributed by atoms with van der Waals surface area (Å²) in [5.74, 6) is -1.12. The molecule has 0 aliphatic carbocycles. The quantitative estimate of drug-likeness (QED) is 0.595. The van der Waals surface area contributed by atoms with Crippen LogP contribution in [-0.4, -0.2) is 32.2 Å². The minimum Gasteiger partial charge on any atom is -0.378 e. The third-order valence-corrected chi connectivity index (χ3v) is 4.81. The lowest BCUT2D eigenvalue weighted by atomic mass is 10.1. The minimum atomic E-state index is -4.55. The molecule has 152 valence electrons. The molecule has 0 aromatic heterocycles. The second-order valence-electron chi connectivity index (χ2n) is 6.65. The summed E-state index contributed by atoms with van der Waals surface area (Å²) in [5, 5.41) is 5.22. The van der Waals surface area contributed by atoms with Crippen LogP contribution in [0.2, 0.25) is 0 Å². The number of ether oxygens (including phenoxy) is 1. The number of hydrogen-bond acceptors (Lipinski definition) is 4. The fourth-order valence-corrected chi connectivity index (χ4v) is 3.43. The molecule has 2 aliphatic rings. The van der Waals surface area contributed by atoms with Crippen LogP contribution in [0.1, 0.15) is 11.1 Å². The highest BCUT2D eigenvalue weighted by Gasteiger charge is 2.35. The Morgan fingerprint density at radius 3 is 2.62 bits per heavy atom. The van der Waals surface area contributed by atoms with E-state index < -0.39 is 23.5 Å². The van der Waals surface area contributed by atoms with E-state index in [1.165, 1.54) is 30.5 Å². The van der Waals surface area contributed by atoms with Crippen molar-refractivity contribution < 1.29 is 27.1 Å². The van der Waals surface area contributed by atoms with Gasteiger partial charge in [0.1, 0.15) is 5.82 Å². The average molecular weight is 407 g/mol. The zero-order valence-corrected chi connectivity index (χ0v) is 15.1. The maximum absolute atomic E-state index is 14.1. The SMILES string of the molecule is O=C1Nc2cccc(F)c2/C1=C\Nc1ccc(N2CCOCC2)c(C(F)(F)F)c1. The van der Waals surface area contributed by atoms with Gasteiger partial charge in [0.2, 0.25) is 0 Å². The third kappa shape index (κ3) is 3.77. The van der Waals surface area contributed by atoms with Gasteiger partial charge in [0.05, 0.1) is 30.0 Å². The number of hydrogen-bond donors (Lipinski definition) is 2. The number of amides is 1. The highest BCUT2D eigenvalue weighted by Crippen LogP contribution is 2.39. The molecule has 0 radical (unpaired) electrons. The van der Waals surface area contributed by atoms with Gasteiger partial charge in [0, 0.05) is 36.2 Å². The van der Waals surface area contributed by atoms with Gasteiger partial charge in [-0.2, -0.15) is 13.2 Å². The Balaban J connectivity index is 1.65. The second kappa shape index (κ2) is 7.40. The minimum absolute atomic E-state index is 0.0175. The predicted octanol–water partition coefficient (Wildman–Crippen LogP) is 4.09. The van der Waals surface area contributed by atoms with Gasteiger partial charge < -0.3 is 20.3 Å². The van der Waals surface area contributed by atoms with Gasteiger partial charge >= 0.3 is 6.18 Å². The molecule has 0 spiro atoms. The Morgan fingerprint density at radius 1 is 1.14 bits per heavy atom. The van der Waals surface area contributed by atoms with Crippen LogP contribution in [0, 0.1) is 5.82 Å². The Morgan fingerprint density at radius 2 is 1.90 bits per heavy atom. The number of nitrogens with one attached hydrogen (secondary N) is 2. The fourth-order valence-electron chi connectivity index (χ4n) is 3.43. The number of benzene rings is 2. The zero-order chi connectivity index (χ0) is 20.6. The first kappa shape index (κ1) is 19.3. The number of alkyl halides is 3. The molecule has 1 fully saturated rings. The summed E-state index contributed by atoms with van der Waals surface area (Å²) in [4.78, 5) is 13.7. The molecule has 2 aliphatic heterocycles. The van der Waals surface area contributed by atoms with Crippen LogP contribution < -0.4 is 15.5 Å². The molecular formula is C20H17F4N3O2. The molecule has 0 bridgehead atoms. The van der Waals surface area contributed by atoms with Crippen molar-refractivity contribution in [1.29, 1.82) is 0 Å². The first-order chi connectivity index (χ1) is 13.8. The van der Waals surface area contributed by atoms with Crippen LogP contribution in [0.25, 0.3) is 5.57 Å². The van der Waals surface area contributed by atoms with Gasteiger partial charge in [-0.25, -0.2) is 4.39 Å². The monoisotopic (exact) mass is 407 g/mol. The average Bonchev–Trinajstić information content (AvgIpc) is 3.02. The van der Waals surface area contributed by atoms with E-state index in [-0.39, 0.29) is 22.5 Å². The first-order valence-electron chi connectivity index (χ1n) is 8.95. The Bertz CT molecular complexity index is 982. The number of fused-ring (bicyclic) bond motifs is 1. The lowest BCUT2D eigenvalue weighted by Crippen LogP contribution is -2.37. The molecule has 5 nitrogen and oxygen atoms in total. The number of nitrogens with zero attached hydrogens (tertiary/aromatic N) is 1. The van der Waals surface area contributed by atoms with Gasteiger partial charge in [0.25, 0.3) is 5.91 Å². The van der Waals surface area contributed by atoms with Crippen molar-refractivity contribution in [2.45, 2.75) is 6.18 Å². The number of halogens is 4. The van der Waals surface area contributed by atoms with Crippen LogP contribution in [0.3, 0.4) is 0 Å². The second-order valence-corrected chi connectivity index (χ2v) is 6.65. The molecule has 1 amide bonds. The fraction of sp³-hybridized carbons (Fsp3) is 0.250. The van der Waals surface area contributed by atoms with Crippen LogP contribution in [0.5, 0.6) is 0 Å². The van der Waals surface area contributed by atoms with Gasteiger partial charge in [-0.3, -0.25) is 4.79 Å². The Hall–Kier alpha value is -3.07. The molecule has 0 atom stereocenters. The summed E-state index contributed by atoms with van der Waals surface area (Å²) in [7, 11) is 0. The van der Waals surface area contributed by atoms with Crippen LogP contribution in [0.4, 0.5) is 34.6 Å². The van der Waals surface area contributed by atoms with E-state index in [0.717, 1.165) is 6.07 Å². The van der Waals surface area contributed by atoms with Gasteiger partial charge in [-0.05, 0) is 30.3 Å². The molecule has 0 saturated carbocycles. The summed E-state index contributed by atoms with van der Waals surface area (Å²) >= 11 is 0. The smallest absolute Gasteiger partial charge is 0.378 e. The Labute approximate surface area is 164 Å². The first-order valence-corrected chi connectivity index (χ1v) is 8.95. The molecule has 1 saturated heterocycles. The maximum atomic E-state index is 14.1. The third-order valence-electron chi connectivity index (χ3n) is 4.81. The Kier molecular flexibility index (Phi) is 4.91. The van der Waals surface area contributed by atoms with Crippen molar-refractivity contribution in [1.82, 2.24) is 0 Å². The summed E-state index contributed by atoms with van der Waals surface area (Å²) < 4.78 is 60.2. The molecule has 2 N–H and O–H groups in total. The topological polar surface area (TPSA) is 53.6 Å². The van der Waals surface area contributed by atoms with Crippen molar-refractivity contribution in [3.8, 4) is 0 Å². The lowest BCUT2D eigenvalue weighted by molar-refractivity contribution is -0.137. The molecule has 9 heteroatoms. The van der Waals surface area contributed by atoms with E-state index in [1.54, 1.807) is 11.0 Å². The van der Waals surface area contributed by atoms with E-state index in [2.05, 4.69) is 10.6 Å². The molecular weight excluding hydrogens is 390 g/mol. The highest BCUT2D eigenvalue weighted by atomic mass is 19.4. The predicted molar refractivity (Wildman–Crippen MR) is 101 cm³/mol. The molecule has 2 aromatic rings. The van der Waals surface area contributed by atoms with Crippen molar-refractivity contribution >= 4 is 28.5 Å². The van der Waals surface area contributed by atoms with Crippen LogP contribution in [0.15, 0.2) is 42.6 Å². The molecule has 2 aromatic carbocycles. The van der Waals surface area contributed by atoms with E-state index in [1.807, 2.05) is 0 Å². The number of rotatable bonds is 3. The summed E-state index contributed by atoms with van der Waals surface area (Å²) in [6, 6.07) is 8.09. The van der Waals surface area contributed by atoms with Crippen LogP contribution in [-0.2, 0) is 15.7 Å². The molecule has 29 heavy (non-hydrogen) atoms. The molecule has 2 heterocycles. The van der Waals surface area contributed by atoms with Crippen molar-refractivity contribution in [2.75, 3.05) is 41.8 Å². The maximum Gasteiger partial charge on any atom is 0.418 e.